The van der Waals surface area contributed by atoms with E-state index in [4.69, 9.17) is 27.9 Å². The third-order valence-corrected chi connectivity index (χ3v) is 3.44. The van der Waals surface area contributed by atoms with Gasteiger partial charge in [0.05, 0.1) is 0 Å². The lowest BCUT2D eigenvalue weighted by Gasteiger charge is -2.12. The van der Waals surface area contributed by atoms with Gasteiger partial charge in [-0.3, -0.25) is 9.59 Å². The monoisotopic (exact) mass is 366 g/mol. The van der Waals surface area contributed by atoms with Crippen LogP contribution in [0.25, 0.3) is 0 Å². The molecule has 0 spiro atoms. The van der Waals surface area contributed by atoms with Crippen LogP contribution in [0.3, 0.4) is 0 Å². The molecule has 2 aromatic rings. The van der Waals surface area contributed by atoms with Crippen molar-refractivity contribution in [1.82, 2.24) is 4.90 Å². The first-order valence-corrected chi connectivity index (χ1v) is 7.81. The van der Waals surface area contributed by atoms with Crippen LogP contribution in [0.5, 0.6) is 5.75 Å². The zero-order valence-corrected chi connectivity index (χ0v) is 14.7. The molecule has 2 aromatic carbocycles. The number of anilines is 1. The summed E-state index contributed by atoms with van der Waals surface area (Å²) in [7, 11) is 3.33. The Morgan fingerprint density at radius 1 is 1.08 bits per heavy atom. The molecule has 0 fully saturated rings. The van der Waals surface area contributed by atoms with Gasteiger partial charge in [-0.1, -0.05) is 29.3 Å². The first-order valence-electron chi connectivity index (χ1n) is 7.05. The standard InChI is InChI=1S/C17H16Cl2N2O3/c1-21(2)17(23)11-4-3-5-14(6-11)20-16(22)10-24-15-8-12(18)7-13(19)9-15/h3-9H,10H2,1-2H3,(H,20,22). The molecule has 0 saturated carbocycles. The molecular weight excluding hydrogens is 351 g/mol. The molecule has 0 saturated heterocycles. The Morgan fingerprint density at radius 2 is 1.75 bits per heavy atom. The molecule has 0 radical (unpaired) electrons. The largest absolute Gasteiger partial charge is 0.484 e. The minimum Gasteiger partial charge on any atom is -0.484 e. The van der Waals surface area contributed by atoms with Gasteiger partial charge < -0.3 is 15.0 Å². The summed E-state index contributed by atoms with van der Waals surface area (Å²) < 4.78 is 5.36. The zero-order valence-electron chi connectivity index (χ0n) is 13.2. The Bertz CT molecular complexity index is 743. The van der Waals surface area contributed by atoms with Gasteiger partial charge in [0, 0.05) is 35.4 Å². The molecule has 0 heterocycles. The van der Waals surface area contributed by atoms with E-state index < -0.39 is 0 Å². The Morgan fingerprint density at radius 3 is 2.38 bits per heavy atom. The average Bonchev–Trinajstić information content (AvgIpc) is 2.51. The first kappa shape index (κ1) is 18.1. The van der Waals surface area contributed by atoms with Crippen LogP contribution in [0, 0.1) is 0 Å². The van der Waals surface area contributed by atoms with Crippen molar-refractivity contribution >= 4 is 40.7 Å². The average molecular weight is 367 g/mol. The molecule has 0 aliphatic rings. The van der Waals surface area contributed by atoms with Gasteiger partial charge in [0.25, 0.3) is 11.8 Å². The third kappa shape index (κ3) is 5.15. The predicted molar refractivity (Wildman–Crippen MR) is 95.0 cm³/mol. The number of rotatable bonds is 5. The summed E-state index contributed by atoms with van der Waals surface area (Å²) in [6.07, 6.45) is 0. The first-order chi connectivity index (χ1) is 11.3. The second-order valence-electron chi connectivity index (χ2n) is 5.22. The molecule has 0 bridgehead atoms. The molecule has 0 aromatic heterocycles. The molecule has 0 aliphatic heterocycles. The van der Waals surface area contributed by atoms with Crippen molar-refractivity contribution in [2.75, 3.05) is 26.0 Å². The number of nitrogens with one attached hydrogen (secondary N) is 1. The van der Waals surface area contributed by atoms with Gasteiger partial charge in [0.15, 0.2) is 6.61 Å². The second kappa shape index (κ2) is 8.04. The molecule has 0 atom stereocenters. The van der Waals surface area contributed by atoms with E-state index in [1.165, 1.54) is 4.90 Å². The number of hydrogen-bond acceptors (Lipinski definition) is 3. The lowest BCUT2D eigenvalue weighted by Crippen LogP contribution is -2.23. The molecule has 24 heavy (non-hydrogen) atoms. The molecule has 0 aliphatic carbocycles. The molecule has 5 nitrogen and oxygen atoms in total. The van der Waals surface area contributed by atoms with Crippen LogP contribution in [0.4, 0.5) is 5.69 Å². The van der Waals surface area contributed by atoms with E-state index in [9.17, 15) is 9.59 Å². The summed E-state index contributed by atoms with van der Waals surface area (Å²) in [5.41, 5.74) is 1.00. The summed E-state index contributed by atoms with van der Waals surface area (Å²) >= 11 is 11.7. The minimum atomic E-state index is -0.361. The Kier molecular flexibility index (Phi) is 6.06. The minimum absolute atomic E-state index is 0.143. The molecule has 1 N–H and O–H groups in total. The highest BCUT2D eigenvalue weighted by atomic mass is 35.5. The van der Waals surface area contributed by atoms with Crippen LogP contribution >= 0.6 is 23.2 Å². The number of benzene rings is 2. The lowest BCUT2D eigenvalue weighted by molar-refractivity contribution is -0.118. The second-order valence-corrected chi connectivity index (χ2v) is 6.10. The summed E-state index contributed by atoms with van der Waals surface area (Å²) in [5.74, 6) is -0.101. The fourth-order valence-electron chi connectivity index (χ4n) is 1.95. The van der Waals surface area contributed by atoms with Gasteiger partial charge in [-0.25, -0.2) is 0 Å². The summed E-state index contributed by atoms with van der Waals surface area (Å²) in [4.78, 5) is 25.4. The smallest absolute Gasteiger partial charge is 0.262 e. The van der Waals surface area contributed by atoms with Crippen LogP contribution in [-0.2, 0) is 4.79 Å². The number of amides is 2. The Labute approximate surface area is 150 Å². The normalized spacial score (nSPS) is 10.2. The van der Waals surface area contributed by atoms with Gasteiger partial charge in [0.2, 0.25) is 0 Å². The fourth-order valence-corrected chi connectivity index (χ4v) is 2.45. The number of hydrogen-bond donors (Lipinski definition) is 1. The molecule has 2 rings (SSSR count). The van der Waals surface area contributed by atoms with Crippen molar-refractivity contribution in [3.05, 3.63) is 58.1 Å². The van der Waals surface area contributed by atoms with E-state index in [2.05, 4.69) is 5.32 Å². The van der Waals surface area contributed by atoms with E-state index in [1.807, 2.05) is 0 Å². The number of carbonyl (C=O) groups is 2. The van der Waals surface area contributed by atoms with Crippen molar-refractivity contribution in [3.8, 4) is 5.75 Å². The van der Waals surface area contributed by atoms with Crippen molar-refractivity contribution in [2.45, 2.75) is 0 Å². The van der Waals surface area contributed by atoms with Crippen LogP contribution in [0.15, 0.2) is 42.5 Å². The van der Waals surface area contributed by atoms with Crippen LogP contribution in [-0.4, -0.2) is 37.4 Å². The van der Waals surface area contributed by atoms with Gasteiger partial charge in [-0.2, -0.15) is 0 Å². The molecular formula is C17H16Cl2N2O3. The van der Waals surface area contributed by atoms with Crippen LogP contribution < -0.4 is 10.1 Å². The predicted octanol–water partition coefficient (Wildman–Crippen LogP) is 3.71. The van der Waals surface area contributed by atoms with Crippen LogP contribution in [0.1, 0.15) is 10.4 Å². The number of halogens is 2. The quantitative estimate of drug-likeness (QED) is 0.877. The molecule has 7 heteroatoms. The fraction of sp³-hybridized carbons (Fsp3) is 0.176. The topological polar surface area (TPSA) is 58.6 Å². The summed E-state index contributed by atoms with van der Waals surface area (Å²) in [6.45, 7) is -0.206. The van der Waals surface area contributed by atoms with E-state index >= 15 is 0 Å². The van der Waals surface area contributed by atoms with E-state index in [1.54, 1.807) is 56.6 Å². The van der Waals surface area contributed by atoms with E-state index in [-0.39, 0.29) is 18.4 Å². The van der Waals surface area contributed by atoms with Gasteiger partial charge in [0.1, 0.15) is 5.75 Å². The van der Waals surface area contributed by atoms with E-state index in [0.29, 0.717) is 27.0 Å². The highest BCUT2D eigenvalue weighted by Gasteiger charge is 2.10. The van der Waals surface area contributed by atoms with Crippen molar-refractivity contribution in [3.63, 3.8) is 0 Å². The number of ether oxygens (including phenoxy) is 1. The Balaban J connectivity index is 1.97. The van der Waals surface area contributed by atoms with Gasteiger partial charge in [-0.05, 0) is 36.4 Å². The van der Waals surface area contributed by atoms with Crippen molar-refractivity contribution in [2.24, 2.45) is 0 Å². The van der Waals surface area contributed by atoms with Gasteiger partial charge >= 0.3 is 0 Å². The maximum absolute atomic E-state index is 12.0. The molecule has 2 amide bonds. The van der Waals surface area contributed by atoms with Crippen LogP contribution in [0.2, 0.25) is 10.0 Å². The zero-order chi connectivity index (χ0) is 17.7. The number of nitrogens with zero attached hydrogens (tertiary/aromatic N) is 1. The summed E-state index contributed by atoms with van der Waals surface area (Å²) in [6, 6.07) is 11.4. The third-order valence-electron chi connectivity index (χ3n) is 3.01. The van der Waals surface area contributed by atoms with Crippen molar-refractivity contribution in [1.29, 1.82) is 0 Å². The van der Waals surface area contributed by atoms with Gasteiger partial charge in [-0.15, -0.1) is 0 Å². The molecule has 126 valence electrons. The van der Waals surface area contributed by atoms with Crippen molar-refractivity contribution < 1.29 is 14.3 Å². The van der Waals surface area contributed by atoms with E-state index in [0.717, 1.165) is 0 Å². The highest BCUT2D eigenvalue weighted by molar-refractivity contribution is 6.34. The Hall–Kier alpha value is -2.24. The maximum Gasteiger partial charge on any atom is 0.262 e. The maximum atomic E-state index is 12.0. The SMILES string of the molecule is CN(C)C(=O)c1cccc(NC(=O)COc2cc(Cl)cc(Cl)c2)c1. The number of carbonyl (C=O) groups excluding carboxylic acids is 2. The lowest BCUT2D eigenvalue weighted by atomic mass is 10.2. The molecule has 0 unspecified atom stereocenters. The highest BCUT2D eigenvalue weighted by Crippen LogP contribution is 2.24. The summed E-state index contributed by atoms with van der Waals surface area (Å²) in [5, 5.41) is 3.52.